The SMILES string of the molecule is CC(=O)CCC1CCCC1. The molecule has 0 atom stereocenters. The van der Waals surface area contributed by atoms with Gasteiger partial charge in [-0.25, -0.2) is 0 Å². The van der Waals surface area contributed by atoms with Crippen LogP contribution in [0.1, 0.15) is 45.4 Å². The van der Waals surface area contributed by atoms with E-state index >= 15 is 0 Å². The van der Waals surface area contributed by atoms with Crippen molar-refractivity contribution in [2.75, 3.05) is 0 Å². The average molecular weight is 140 g/mol. The van der Waals surface area contributed by atoms with E-state index in [1.54, 1.807) is 6.92 Å². The van der Waals surface area contributed by atoms with Crippen LogP contribution in [0.2, 0.25) is 0 Å². The second kappa shape index (κ2) is 3.75. The van der Waals surface area contributed by atoms with Gasteiger partial charge in [-0.05, 0) is 19.3 Å². The van der Waals surface area contributed by atoms with Gasteiger partial charge in [0.05, 0.1) is 0 Å². The second-order valence-electron chi connectivity index (χ2n) is 3.39. The van der Waals surface area contributed by atoms with Crippen molar-refractivity contribution in [3.63, 3.8) is 0 Å². The molecular weight excluding hydrogens is 124 g/mol. The van der Waals surface area contributed by atoms with Crippen molar-refractivity contribution in [3.05, 3.63) is 0 Å². The van der Waals surface area contributed by atoms with Gasteiger partial charge >= 0.3 is 0 Å². The summed E-state index contributed by atoms with van der Waals surface area (Å²) < 4.78 is 0. The molecule has 1 aliphatic carbocycles. The number of hydrogen-bond donors (Lipinski definition) is 0. The van der Waals surface area contributed by atoms with Gasteiger partial charge in [0.15, 0.2) is 0 Å². The van der Waals surface area contributed by atoms with E-state index < -0.39 is 0 Å². The highest BCUT2D eigenvalue weighted by molar-refractivity contribution is 5.75. The summed E-state index contributed by atoms with van der Waals surface area (Å²) in [7, 11) is 0. The number of rotatable bonds is 3. The summed E-state index contributed by atoms with van der Waals surface area (Å²) in [5.41, 5.74) is 0. The van der Waals surface area contributed by atoms with Crippen molar-refractivity contribution < 1.29 is 4.79 Å². The Hall–Kier alpha value is -0.330. The molecule has 1 aliphatic rings. The van der Waals surface area contributed by atoms with E-state index in [0.29, 0.717) is 5.78 Å². The molecule has 0 unspecified atom stereocenters. The van der Waals surface area contributed by atoms with Crippen LogP contribution < -0.4 is 0 Å². The fraction of sp³-hybridized carbons (Fsp3) is 0.889. The lowest BCUT2D eigenvalue weighted by Crippen LogP contribution is -1.97. The number of hydrogen-bond acceptors (Lipinski definition) is 1. The Morgan fingerprint density at radius 1 is 1.40 bits per heavy atom. The van der Waals surface area contributed by atoms with E-state index in [-0.39, 0.29) is 0 Å². The van der Waals surface area contributed by atoms with Gasteiger partial charge in [0.25, 0.3) is 0 Å². The molecular formula is C9H16O. The maximum Gasteiger partial charge on any atom is 0.129 e. The first-order chi connectivity index (χ1) is 4.79. The van der Waals surface area contributed by atoms with Crippen molar-refractivity contribution in [2.45, 2.75) is 45.4 Å². The quantitative estimate of drug-likeness (QED) is 0.588. The van der Waals surface area contributed by atoms with Crippen molar-refractivity contribution in [1.29, 1.82) is 0 Å². The monoisotopic (exact) mass is 140 g/mol. The largest absolute Gasteiger partial charge is 0.300 e. The van der Waals surface area contributed by atoms with Crippen LogP contribution in [0.5, 0.6) is 0 Å². The predicted octanol–water partition coefficient (Wildman–Crippen LogP) is 2.55. The van der Waals surface area contributed by atoms with Gasteiger partial charge < -0.3 is 4.79 Å². The minimum atomic E-state index is 0.354. The minimum Gasteiger partial charge on any atom is -0.300 e. The summed E-state index contributed by atoms with van der Waals surface area (Å²) in [6.45, 7) is 1.69. The molecule has 0 aliphatic heterocycles. The summed E-state index contributed by atoms with van der Waals surface area (Å²) in [6, 6.07) is 0. The molecule has 0 heterocycles. The van der Waals surface area contributed by atoms with Crippen LogP contribution in [-0.4, -0.2) is 5.78 Å². The Morgan fingerprint density at radius 2 is 2.00 bits per heavy atom. The van der Waals surface area contributed by atoms with Crippen LogP contribution >= 0.6 is 0 Å². The van der Waals surface area contributed by atoms with Crippen LogP contribution in [0.3, 0.4) is 0 Å². The van der Waals surface area contributed by atoms with Crippen LogP contribution in [-0.2, 0) is 4.79 Å². The molecule has 1 nitrogen and oxygen atoms in total. The molecule has 1 saturated carbocycles. The third-order valence-corrected chi connectivity index (χ3v) is 2.38. The Labute approximate surface area is 62.8 Å². The van der Waals surface area contributed by atoms with Crippen molar-refractivity contribution in [2.24, 2.45) is 5.92 Å². The normalized spacial score (nSPS) is 19.7. The Balaban J connectivity index is 2.07. The minimum absolute atomic E-state index is 0.354. The number of carbonyl (C=O) groups is 1. The van der Waals surface area contributed by atoms with Gasteiger partial charge in [-0.2, -0.15) is 0 Å². The first-order valence-corrected chi connectivity index (χ1v) is 4.28. The topological polar surface area (TPSA) is 17.1 Å². The zero-order chi connectivity index (χ0) is 7.40. The summed E-state index contributed by atoms with van der Waals surface area (Å²) in [5, 5.41) is 0. The van der Waals surface area contributed by atoms with Crippen molar-refractivity contribution in [3.8, 4) is 0 Å². The molecule has 1 fully saturated rings. The third kappa shape index (κ3) is 2.51. The van der Waals surface area contributed by atoms with Gasteiger partial charge in [0, 0.05) is 6.42 Å². The molecule has 0 N–H and O–H groups in total. The first kappa shape index (κ1) is 7.77. The van der Waals surface area contributed by atoms with E-state index in [2.05, 4.69) is 0 Å². The molecule has 0 spiro atoms. The first-order valence-electron chi connectivity index (χ1n) is 4.28. The van der Waals surface area contributed by atoms with E-state index in [9.17, 15) is 4.79 Å². The molecule has 0 amide bonds. The molecule has 0 aromatic rings. The predicted molar refractivity (Wildman–Crippen MR) is 41.9 cm³/mol. The molecule has 0 aromatic carbocycles. The highest BCUT2D eigenvalue weighted by Crippen LogP contribution is 2.28. The molecule has 1 rings (SSSR count). The highest BCUT2D eigenvalue weighted by atomic mass is 16.1. The Bertz CT molecular complexity index is 112. The fourth-order valence-electron chi connectivity index (χ4n) is 1.71. The lowest BCUT2D eigenvalue weighted by atomic mass is 10.0. The molecule has 0 bridgehead atoms. The van der Waals surface area contributed by atoms with Crippen molar-refractivity contribution >= 4 is 5.78 Å². The van der Waals surface area contributed by atoms with Crippen LogP contribution in [0.4, 0.5) is 0 Å². The molecule has 0 saturated heterocycles. The van der Waals surface area contributed by atoms with E-state index in [1.807, 2.05) is 0 Å². The molecule has 58 valence electrons. The molecule has 10 heavy (non-hydrogen) atoms. The standard InChI is InChI=1S/C9H16O/c1-8(10)6-7-9-4-2-3-5-9/h9H,2-7H2,1H3. The third-order valence-electron chi connectivity index (χ3n) is 2.38. The van der Waals surface area contributed by atoms with Gasteiger partial charge in [0.2, 0.25) is 0 Å². The number of ketones is 1. The van der Waals surface area contributed by atoms with Gasteiger partial charge in [-0.1, -0.05) is 25.7 Å². The van der Waals surface area contributed by atoms with Crippen LogP contribution in [0.15, 0.2) is 0 Å². The molecule has 0 aromatic heterocycles. The van der Waals surface area contributed by atoms with Gasteiger partial charge in [-0.3, -0.25) is 0 Å². The highest BCUT2D eigenvalue weighted by Gasteiger charge is 2.14. The summed E-state index contributed by atoms with van der Waals surface area (Å²) in [6.07, 6.45) is 7.48. The number of carbonyl (C=O) groups excluding carboxylic acids is 1. The maximum absolute atomic E-state index is 10.6. The zero-order valence-corrected chi connectivity index (χ0v) is 6.73. The molecule has 1 heteroatoms. The lowest BCUT2D eigenvalue weighted by molar-refractivity contribution is -0.117. The number of Topliss-reactive ketones (excluding diaryl/α,β-unsaturated/α-hetero) is 1. The Morgan fingerprint density at radius 3 is 2.50 bits per heavy atom. The summed E-state index contributed by atoms with van der Waals surface area (Å²) in [5.74, 6) is 1.23. The fourth-order valence-corrected chi connectivity index (χ4v) is 1.71. The average Bonchev–Trinajstić information content (AvgIpc) is 2.34. The van der Waals surface area contributed by atoms with Crippen molar-refractivity contribution in [1.82, 2.24) is 0 Å². The molecule has 0 radical (unpaired) electrons. The van der Waals surface area contributed by atoms with Gasteiger partial charge in [0.1, 0.15) is 5.78 Å². The van der Waals surface area contributed by atoms with E-state index in [0.717, 1.165) is 18.8 Å². The van der Waals surface area contributed by atoms with Gasteiger partial charge in [-0.15, -0.1) is 0 Å². The lowest BCUT2D eigenvalue weighted by Gasteiger charge is -2.04. The smallest absolute Gasteiger partial charge is 0.129 e. The Kier molecular flexibility index (Phi) is 2.91. The van der Waals surface area contributed by atoms with Crippen LogP contribution in [0, 0.1) is 5.92 Å². The maximum atomic E-state index is 10.6. The van der Waals surface area contributed by atoms with Crippen LogP contribution in [0.25, 0.3) is 0 Å². The summed E-state index contributed by atoms with van der Waals surface area (Å²) >= 11 is 0. The summed E-state index contributed by atoms with van der Waals surface area (Å²) in [4.78, 5) is 10.6. The van der Waals surface area contributed by atoms with E-state index in [1.165, 1.54) is 25.7 Å². The zero-order valence-electron chi connectivity index (χ0n) is 6.73. The van der Waals surface area contributed by atoms with E-state index in [4.69, 9.17) is 0 Å². The second-order valence-corrected chi connectivity index (χ2v) is 3.39.